The highest BCUT2D eigenvalue weighted by atomic mass is 32.1. The molecule has 1 N–H and O–H groups in total. The van der Waals surface area contributed by atoms with Crippen LogP contribution >= 0.6 is 11.3 Å². The van der Waals surface area contributed by atoms with Crippen LogP contribution in [0.4, 0.5) is 0 Å². The van der Waals surface area contributed by atoms with Gasteiger partial charge < -0.3 is 5.11 Å². The number of aromatic nitrogens is 1. The van der Waals surface area contributed by atoms with Crippen LogP contribution in [0.3, 0.4) is 0 Å². The Morgan fingerprint density at radius 1 is 1.29 bits per heavy atom. The lowest BCUT2D eigenvalue weighted by Crippen LogP contribution is -1.98. The molecule has 0 saturated carbocycles. The third-order valence-electron chi connectivity index (χ3n) is 2.46. The van der Waals surface area contributed by atoms with E-state index < -0.39 is 5.97 Å². The minimum Gasteiger partial charge on any atom is -0.481 e. The number of carboxylic acid groups (broad SMARTS) is 1. The third-order valence-corrected chi connectivity index (χ3v) is 3.66. The molecule has 3 nitrogen and oxygen atoms in total. The fourth-order valence-electron chi connectivity index (χ4n) is 1.63. The number of carboxylic acids is 1. The minimum atomic E-state index is -0.839. The summed E-state index contributed by atoms with van der Waals surface area (Å²) >= 11 is 1.45. The predicted octanol–water partition coefficient (Wildman–Crippen LogP) is 3.05. The smallest absolute Gasteiger partial charge is 0.310 e. The van der Waals surface area contributed by atoms with Crippen LogP contribution in [0.15, 0.2) is 24.3 Å². The summed E-state index contributed by atoms with van der Waals surface area (Å²) in [6, 6.07) is 8.18. The van der Waals surface area contributed by atoms with Gasteiger partial charge in [-0.15, -0.1) is 11.3 Å². The summed E-state index contributed by atoms with van der Waals surface area (Å²) in [6.07, 6.45) is -0.00261. The van der Waals surface area contributed by atoms with Crippen LogP contribution in [0.1, 0.15) is 16.3 Å². The molecule has 1 heterocycles. The van der Waals surface area contributed by atoms with Crippen LogP contribution in [0.25, 0.3) is 10.4 Å². The van der Waals surface area contributed by atoms with Crippen LogP contribution < -0.4 is 0 Å². The topological polar surface area (TPSA) is 50.2 Å². The Balaban J connectivity index is 2.35. The Bertz CT molecular complexity index is 543. The van der Waals surface area contributed by atoms with Crippen molar-refractivity contribution in [3.05, 3.63) is 40.5 Å². The summed E-state index contributed by atoms with van der Waals surface area (Å²) in [5.74, 6) is -0.839. The first kappa shape index (κ1) is 11.8. The maximum Gasteiger partial charge on any atom is 0.310 e. The molecule has 1 aromatic carbocycles. The second-order valence-corrected chi connectivity index (χ2v) is 5.04. The number of hydrogen-bond donors (Lipinski definition) is 1. The maximum absolute atomic E-state index is 10.6. The summed E-state index contributed by atoms with van der Waals surface area (Å²) in [5.41, 5.74) is 3.21. The fraction of sp³-hybridized carbons (Fsp3) is 0.231. The van der Waals surface area contributed by atoms with E-state index in [4.69, 9.17) is 5.11 Å². The molecule has 0 aliphatic rings. The second-order valence-electron chi connectivity index (χ2n) is 3.96. The van der Waals surface area contributed by atoms with Gasteiger partial charge in [-0.3, -0.25) is 4.79 Å². The normalized spacial score (nSPS) is 10.5. The van der Waals surface area contributed by atoms with Crippen LogP contribution in [0.2, 0.25) is 0 Å². The molecule has 2 aromatic rings. The van der Waals surface area contributed by atoms with Gasteiger partial charge in [0, 0.05) is 0 Å². The molecule has 0 aliphatic carbocycles. The van der Waals surface area contributed by atoms with E-state index in [-0.39, 0.29) is 6.42 Å². The first-order valence-corrected chi connectivity index (χ1v) is 6.13. The summed E-state index contributed by atoms with van der Waals surface area (Å²) in [5, 5.41) is 9.40. The molecule has 0 aliphatic heterocycles. The Labute approximate surface area is 104 Å². The largest absolute Gasteiger partial charge is 0.481 e. The van der Waals surface area contributed by atoms with Gasteiger partial charge in [0.25, 0.3) is 0 Å². The van der Waals surface area contributed by atoms with Gasteiger partial charge in [-0.2, -0.15) is 0 Å². The van der Waals surface area contributed by atoms with Gasteiger partial charge >= 0.3 is 5.97 Å². The SMILES string of the molecule is Cc1ccc(-c2sc(CC(=O)O)nc2C)cc1. The minimum absolute atomic E-state index is 0.00261. The van der Waals surface area contributed by atoms with E-state index in [9.17, 15) is 4.79 Å². The highest BCUT2D eigenvalue weighted by molar-refractivity contribution is 7.15. The second kappa shape index (κ2) is 4.67. The van der Waals surface area contributed by atoms with Crippen LogP contribution in [-0.2, 0) is 11.2 Å². The first-order valence-electron chi connectivity index (χ1n) is 5.31. The Morgan fingerprint density at radius 2 is 1.94 bits per heavy atom. The summed E-state index contributed by atoms with van der Waals surface area (Å²) < 4.78 is 0. The lowest BCUT2D eigenvalue weighted by atomic mass is 10.1. The maximum atomic E-state index is 10.6. The summed E-state index contributed by atoms with van der Waals surface area (Å²) in [6.45, 7) is 3.95. The van der Waals surface area contributed by atoms with E-state index in [1.54, 1.807) is 0 Å². The molecule has 0 bridgehead atoms. The van der Waals surface area contributed by atoms with Crippen molar-refractivity contribution in [1.29, 1.82) is 0 Å². The number of hydrogen-bond acceptors (Lipinski definition) is 3. The van der Waals surface area contributed by atoms with E-state index in [1.807, 2.05) is 38.1 Å². The number of aryl methyl sites for hydroxylation is 2. The number of benzene rings is 1. The van der Waals surface area contributed by atoms with Crippen molar-refractivity contribution >= 4 is 17.3 Å². The molecular weight excluding hydrogens is 234 g/mol. The van der Waals surface area contributed by atoms with Crippen LogP contribution in [0.5, 0.6) is 0 Å². The van der Waals surface area contributed by atoms with Gasteiger partial charge in [-0.05, 0) is 19.4 Å². The molecule has 0 saturated heterocycles. The van der Waals surface area contributed by atoms with Gasteiger partial charge in [-0.1, -0.05) is 29.8 Å². The standard InChI is InChI=1S/C13H13NO2S/c1-8-3-5-10(6-4-8)13-9(2)14-11(17-13)7-12(15)16/h3-6H,7H2,1-2H3,(H,15,16). The zero-order valence-electron chi connectivity index (χ0n) is 9.73. The molecule has 0 unspecified atom stereocenters. The van der Waals surface area contributed by atoms with E-state index in [2.05, 4.69) is 4.98 Å². The lowest BCUT2D eigenvalue weighted by Gasteiger charge is -1.98. The molecule has 0 atom stereocenters. The van der Waals surface area contributed by atoms with E-state index >= 15 is 0 Å². The molecule has 1 aromatic heterocycles. The molecule has 0 radical (unpaired) electrons. The van der Waals surface area contributed by atoms with Crippen LogP contribution in [-0.4, -0.2) is 16.1 Å². The molecule has 2 rings (SSSR count). The van der Waals surface area contributed by atoms with Crippen molar-refractivity contribution in [2.45, 2.75) is 20.3 Å². The van der Waals surface area contributed by atoms with Crippen molar-refractivity contribution in [3.8, 4) is 10.4 Å². The third kappa shape index (κ3) is 2.71. The molecule has 0 fully saturated rings. The van der Waals surface area contributed by atoms with E-state index in [1.165, 1.54) is 16.9 Å². The van der Waals surface area contributed by atoms with Crippen molar-refractivity contribution < 1.29 is 9.90 Å². The van der Waals surface area contributed by atoms with Gasteiger partial charge in [-0.25, -0.2) is 4.98 Å². The number of nitrogens with zero attached hydrogens (tertiary/aromatic N) is 1. The van der Waals surface area contributed by atoms with E-state index in [0.29, 0.717) is 5.01 Å². The van der Waals surface area contributed by atoms with Gasteiger partial charge in [0.05, 0.1) is 17.0 Å². The van der Waals surface area contributed by atoms with Crippen molar-refractivity contribution in [2.24, 2.45) is 0 Å². The van der Waals surface area contributed by atoms with Crippen molar-refractivity contribution in [2.75, 3.05) is 0 Å². The Morgan fingerprint density at radius 3 is 2.53 bits per heavy atom. The molecule has 88 valence electrons. The average Bonchev–Trinajstić information content (AvgIpc) is 2.59. The number of carbonyl (C=O) groups is 1. The van der Waals surface area contributed by atoms with Gasteiger partial charge in [0.2, 0.25) is 0 Å². The fourth-order valence-corrected chi connectivity index (χ4v) is 2.69. The van der Waals surface area contributed by atoms with E-state index in [0.717, 1.165) is 16.1 Å². The zero-order chi connectivity index (χ0) is 12.4. The highest BCUT2D eigenvalue weighted by Gasteiger charge is 2.11. The number of thiazole rings is 1. The molecular formula is C13H13NO2S. The predicted molar refractivity (Wildman–Crippen MR) is 68.4 cm³/mol. The Kier molecular flexibility index (Phi) is 3.24. The molecule has 4 heteroatoms. The van der Waals surface area contributed by atoms with Crippen molar-refractivity contribution in [3.63, 3.8) is 0 Å². The number of aliphatic carboxylic acids is 1. The summed E-state index contributed by atoms with van der Waals surface area (Å²) in [4.78, 5) is 16.0. The number of rotatable bonds is 3. The van der Waals surface area contributed by atoms with Crippen LogP contribution in [0, 0.1) is 13.8 Å². The zero-order valence-corrected chi connectivity index (χ0v) is 10.5. The average molecular weight is 247 g/mol. The molecule has 0 spiro atoms. The lowest BCUT2D eigenvalue weighted by molar-refractivity contribution is -0.136. The summed E-state index contributed by atoms with van der Waals surface area (Å²) in [7, 11) is 0. The quantitative estimate of drug-likeness (QED) is 0.906. The molecule has 0 amide bonds. The molecule has 17 heavy (non-hydrogen) atoms. The van der Waals surface area contributed by atoms with Crippen molar-refractivity contribution in [1.82, 2.24) is 4.98 Å². The monoisotopic (exact) mass is 247 g/mol. The van der Waals surface area contributed by atoms with Gasteiger partial charge in [0.1, 0.15) is 5.01 Å². The highest BCUT2D eigenvalue weighted by Crippen LogP contribution is 2.30. The first-order chi connectivity index (χ1) is 8.06. The van der Waals surface area contributed by atoms with Gasteiger partial charge in [0.15, 0.2) is 0 Å². The Hall–Kier alpha value is -1.68.